The molecule has 0 bridgehead atoms. The SMILES string of the molecule is CN(C)CCn1c(CN2C(=O)C(=NOCc3ccc(S(C)(=O)=O)cc3)c3cc(F)ccc32)nc2cc(C(F)(F)F)ccc21. The lowest BCUT2D eigenvalue weighted by atomic mass is 10.1. The number of anilines is 1. The smallest absolute Gasteiger partial charge is 0.390 e. The molecule has 0 aliphatic carbocycles. The second kappa shape index (κ2) is 11.4. The molecule has 1 aliphatic heterocycles. The van der Waals surface area contributed by atoms with Crippen LogP contribution in [0.5, 0.6) is 0 Å². The molecule has 0 atom stereocenters. The lowest BCUT2D eigenvalue weighted by Crippen LogP contribution is -2.31. The fourth-order valence-electron chi connectivity index (χ4n) is 4.70. The average Bonchev–Trinajstić information content (AvgIpc) is 3.40. The van der Waals surface area contributed by atoms with Gasteiger partial charge in [-0.15, -0.1) is 0 Å². The van der Waals surface area contributed by atoms with E-state index in [1.165, 1.54) is 35.2 Å². The number of alkyl halides is 3. The monoisotopic (exact) mass is 617 g/mol. The number of carbonyl (C=O) groups excluding carboxylic acids is 1. The second-order valence-electron chi connectivity index (χ2n) is 10.4. The van der Waals surface area contributed by atoms with Gasteiger partial charge in [-0.25, -0.2) is 17.8 Å². The van der Waals surface area contributed by atoms with E-state index in [2.05, 4.69) is 10.1 Å². The standard InChI is InChI=1S/C29H27F4N5O4S/c1-36(2)12-13-37-25-10-6-19(29(31,32)33)14-23(25)34-26(37)16-38-24-11-7-20(30)15-22(24)27(28(38)39)35-42-17-18-4-8-21(9-5-18)43(3,40)41/h4-11,14-15H,12-13,16-17H2,1-3H3. The largest absolute Gasteiger partial charge is 0.416 e. The van der Waals surface area contributed by atoms with Crippen LogP contribution in [0.4, 0.5) is 23.2 Å². The number of aromatic nitrogens is 2. The zero-order valence-corrected chi connectivity index (χ0v) is 24.2. The first-order valence-electron chi connectivity index (χ1n) is 13.0. The molecule has 0 unspecified atom stereocenters. The van der Waals surface area contributed by atoms with Gasteiger partial charge >= 0.3 is 6.18 Å². The van der Waals surface area contributed by atoms with Gasteiger partial charge in [-0.1, -0.05) is 17.3 Å². The van der Waals surface area contributed by atoms with Crippen molar-refractivity contribution in [1.82, 2.24) is 14.5 Å². The van der Waals surface area contributed by atoms with Crippen LogP contribution >= 0.6 is 0 Å². The molecule has 5 rings (SSSR count). The molecule has 9 nitrogen and oxygen atoms in total. The van der Waals surface area contributed by atoms with E-state index < -0.39 is 33.3 Å². The Morgan fingerprint density at radius 1 is 1.02 bits per heavy atom. The van der Waals surface area contributed by atoms with Crippen molar-refractivity contribution in [3.8, 4) is 0 Å². The molecule has 14 heteroatoms. The van der Waals surface area contributed by atoms with Gasteiger partial charge in [-0.2, -0.15) is 13.2 Å². The number of benzene rings is 3. The summed E-state index contributed by atoms with van der Waals surface area (Å²) in [7, 11) is 0.347. The highest BCUT2D eigenvalue weighted by Crippen LogP contribution is 2.34. The molecule has 1 aromatic heterocycles. The van der Waals surface area contributed by atoms with Gasteiger partial charge in [0, 0.05) is 24.9 Å². The molecule has 0 fully saturated rings. The minimum atomic E-state index is -4.54. The van der Waals surface area contributed by atoms with Crippen LogP contribution in [0.3, 0.4) is 0 Å². The number of carbonyl (C=O) groups is 1. The van der Waals surface area contributed by atoms with Crippen LogP contribution in [-0.4, -0.2) is 61.4 Å². The van der Waals surface area contributed by atoms with Crippen molar-refractivity contribution in [1.29, 1.82) is 0 Å². The number of fused-ring (bicyclic) bond motifs is 2. The van der Waals surface area contributed by atoms with Crippen molar-refractivity contribution >= 4 is 38.2 Å². The Bertz CT molecular complexity index is 1830. The van der Waals surface area contributed by atoms with Crippen LogP contribution in [-0.2, 0) is 45.3 Å². The summed E-state index contributed by atoms with van der Waals surface area (Å²) < 4.78 is 79.6. The zero-order chi connectivity index (χ0) is 31.1. The summed E-state index contributed by atoms with van der Waals surface area (Å²) in [5, 5.41) is 3.99. The van der Waals surface area contributed by atoms with Gasteiger partial charge < -0.3 is 14.3 Å². The predicted molar refractivity (Wildman–Crippen MR) is 152 cm³/mol. The Kier molecular flexibility index (Phi) is 8.01. The fourth-order valence-corrected chi connectivity index (χ4v) is 5.33. The Balaban J connectivity index is 1.46. The molecule has 4 aromatic rings. The van der Waals surface area contributed by atoms with Crippen molar-refractivity contribution in [2.75, 3.05) is 31.8 Å². The number of amides is 1. The molecular formula is C29H27F4N5O4S. The van der Waals surface area contributed by atoms with Crippen molar-refractivity contribution < 1.29 is 35.6 Å². The summed E-state index contributed by atoms with van der Waals surface area (Å²) in [6.45, 7) is 0.742. The summed E-state index contributed by atoms with van der Waals surface area (Å²) in [6.07, 6.45) is -3.45. The second-order valence-corrected chi connectivity index (χ2v) is 12.4. The van der Waals surface area contributed by atoms with E-state index >= 15 is 0 Å². The molecule has 3 aromatic carbocycles. The molecule has 2 heterocycles. The van der Waals surface area contributed by atoms with E-state index in [0.717, 1.165) is 24.5 Å². The van der Waals surface area contributed by atoms with Gasteiger partial charge in [0.1, 0.15) is 18.2 Å². The molecule has 0 saturated carbocycles. The molecule has 43 heavy (non-hydrogen) atoms. The molecule has 1 aliphatic rings. The van der Waals surface area contributed by atoms with Crippen LogP contribution in [0.15, 0.2) is 70.7 Å². The number of likely N-dealkylation sites (N-methyl/N-ethyl adjacent to an activating group) is 1. The average molecular weight is 618 g/mol. The minimum Gasteiger partial charge on any atom is -0.390 e. The summed E-state index contributed by atoms with van der Waals surface area (Å²) in [5.74, 6) is -0.862. The minimum absolute atomic E-state index is 0.0899. The maximum atomic E-state index is 14.3. The number of sulfone groups is 1. The number of hydrogen-bond acceptors (Lipinski definition) is 7. The summed E-state index contributed by atoms with van der Waals surface area (Å²) in [4.78, 5) is 26.8. The van der Waals surface area contributed by atoms with E-state index in [1.54, 1.807) is 16.7 Å². The van der Waals surface area contributed by atoms with E-state index in [-0.39, 0.29) is 34.8 Å². The van der Waals surface area contributed by atoms with Crippen LogP contribution in [0, 0.1) is 5.82 Å². The van der Waals surface area contributed by atoms with Gasteiger partial charge in [-0.05, 0) is 68.2 Å². The highest BCUT2D eigenvalue weighted by molar-refractivity contribution is 7.90. The fraction of sp³-hybridized carbons (Fsp3) is 0.276. The van der Waals surface area contributed by atoms with Crippen LogP contribution in [0.1, 0.15) is 22.5 Å². The maximum Gasteiger partial charge on any atom is 0.416 e. The van der Waals surface area contributed by atoms with Crippen molar-refractivity contribution in [2.24, 2.45) is 5.16 Å². The number of hydrogen-bond donors (Lipinski definition) is 0. The van der Waals surface area contributed by atoms with Gasteiger partial charge in [0.25, 0.3) is 5.91 Å². The Morgan fingerprint density at radius 2 is 1.74 bits per heavy atom. The number of oxime groups is 1. The molecule has 0 saturated heterocycles. The van der Waals surface area contributed by atoms with E-state index in [4.69, 9.17) is 4.84 Å². The highest BCUT2D eigenvalue weighted by Gasteiger charge is 2.36. The third-order valence-corrected chi connectivity index (χ3v) is 8.04. The molecule has 226 valence electrons. The zero-order valence-electron chi connectivity index (χ0n) is 23.4. The van der Waals surface area contributed by atoms with Crippen LogP contribution in [0.25, 0.3) is 11.0 Å². The molecule has 1 amide bonds. The molecule has 0 radical (unpaired) electrons. The van der Waals surface area contributed by atoms with Gasteiger partial charge in [-0.3, -0.25) is 9.69 Å². The number of halogens is 4. The normalized spacial score (nSPS) is 14.7. The van der Waals surface area contributed by atoms with E-state index in [9.17, 15) is 30.8 Å². The molecule has 0 N–H and O–H groups in total. The Labute approximate surface area is 244 Å². The lowest BCUT2D eigenvalue weighted by Gasteiger charge is -2.19. The van der Waals surface area contributed by atoms with Crippen molar-refractivity contribution in [3.63, 3.8) is 0 Å². The van der Waals surface area contributed by atoms with E-state index in [1.807, 2.05) is 19.0 Å². The van der Waals surface area contributed by atoms with E-state index in [0.29, 0.717) is 35.7 Å². The van der Waals surface area contributed by atoms with Crippen LogP contribution in [0.2, 0.25) is 0 Å². The first-order valence-corrected chi connectivity index (χ1v) is 14.9. The van der Waals surface area contributed by atoms with Crippen molar-refractivity contribution in [2.45, 2.75) is 30.8 Å². The third-order valence-electron chi connectivity index (χ3n) is 6.92. The van der Waals surface area contributed by atoms with Gasteiger partial charge in [0.2, 0.25) is 0 Å². The first-order chi connectivity index (χ1) is 20.2. The van der Waals surface area contributed by atoms with Gasteiger partial charge in [0.05, 0.1) is 33.7 Å². The molecular weight excluding hydrogens is 590 g/mol. The summed E-state index contributed by atoms with van der Waals surface area (Å²) in [5.41, 5.74) is 0.744. The quantitative estimate of drug-likeness (QED) is 0.201. The maximum absolute atomic E-state index is 14.3. The number of imidazole rings is 1. The number of rotatable bonds is 9. The first kappa shape index (κ1) is 30.2. The van der Waals surface area contributed by atoms with Crippen LogP contribution < -0.4 is 4.90 Å². The topological polar surface area (TPSA) is 97.1 Å². The predicted octanol–water partition coefficient (Wildman–Crippen LogP) is 4.63. The van der Waals surface area contributed by atoms with Crippen molar-refractivity contribution in [3.05, 3.63) is 89.0 Å². The Hall–Kier alpha value is -4.30. The summed E-state index contributed by atoms with van der Waals surface area (Å²) in [6, 6.07) is 13.1. The Morgan fingerprint density at radius 3 is 2.40 bits per heavy atom. The summed E-state index contributed by atoms with van der Waals surface area (Å²) >= 11 is 0. The van der Waals surface area contributed by atoms with Gasteiger partial charge in [0.15, 0.2) is 15.5 Å². The highest BCUT2D eigenvalue weighted by atomic mass is 32.2. The lowest BCUT2D eigenvalue weighted by molar-refractivity contribution is -0.137. The number of nitrogens with zero attached hydrogens (tertiary/aromatic N) is 5. The third kappa shape index (κ3) is 6.39. The molecule has 0 spiro atoms.